The Balaban J connectivity index is 1.40. The lowest BCUT2D eigenvalue weighted by atomic mass is 9.93. The maximum Gasteiger partial charge on any atom is 0.424 e. The van der Waals surface area contributed by atoms with Crippen molar-refractivity contribution in [1.82, 2.24) is 5.16 Å². The van der Waals surface area contributed by atoms with Gasteiger partial charge in [0.25, 0.3) is 0 Å². The van der Waals surface area contributed by atoms with Gasteiger partial charge in [0.2, 0.25) is 0 Å². The van der Waals surface area contributed by atoms with Crippen LogP contribution >= 0.6 is 15.9 Å². The molecule has 0 N–H and O–H groups in total. The van der Waals surface area contributed by atoms with Crippen LogP contribution in [0.15, 0.2) is 77.3 Å². The highest BCUT2D eigenvalue weighted by Crippen LogP contribution is 2.49. The topological polar surface area (TPSA) is 108 Å². The number of esters is 1. The fourth-order valence-corrected chi connectivity index (χ4v) is 5.54. The van der Waals surface area contributed by atoms with Crippen molar-refractivity contribution in [1.29, 1.82) is 0 Å². The number of benzene rings is 3. The second-order valence-electron chi connectivity index (χ2n) is 12.2. The second kappa shape index (κ2) is 13.5. The van der Waals surface area contributed by atoms with E-state index in [1.54, 1.807) is 27.7 Å². The molecule has 9 nitrogen and oxygen atoms in total. The number of hydrogen-bond donors (Lipinski definition) is 0. The van der Waals surface area contributed by atoms with E-state index in [1.165, 1.54) is 0 Å². The molecule has 1 fully saturated rings. The molecule has 0 aliphatic heterocycles. The van der Waals surface area contributed by atoms with Crippen LogP contribution in [0.1, 0.15) is 62.9 Å². The van der Waals surface area contributed by atoms with Crippen LogP contribution in [0.5, 0.6) is 0 Å². The first-order valence-corrected chi connectivity index (χ1v) is 16.3. The van der Waals surface area contributed by atoms with E-state index >= 15 is 0 Å². The van der Waals surface area contributed by atoms with E-state index in [2.05, 4.69) is 21.1 Å². The maximum absolute atomic E-state index is 13.5. The minimum Gasteiger partial charge on any atom is -0.465 e. The predicted octanol–water partition coefficient (Wildman–Crippen LogP) is 8.88. The van der Waals surface area contributed by atoms with Gasteiger partial charge in [-0.1, -0.05) is 93.9 Å². The van der Waals surface area contributed by atoms with Crippen molar-refractivity contribution >= 4 is 39.8 Å². The van der Waals surface area contributed by atoms with Gasteiger partial charge in [-0.15, -0.1) is 0 Å². The van der Waals surface area contributed by atoms with Gasteiger partial charge in [0.05, 0.1) is 12.0 Å². The zero-order chi connectivity index (χ0) is 33.1. The molecule has 2 amide bonds. The maximum atomic E-state index is 13.5. The predicted molar refractivity (Wildman–Crippen MR) is 178 cm³/mol. The molecule has 0 spiro atoms. The lowest BCUT2D eigenvalue weighted by molar-refractivity contribution is -0.146. The Bertz CT molecular complexity index is 1720. The number of carbonyl (C=O) groups is 3. The first-order chi connectivity index (χ1) is 22.0. The van der Waals surface area contributed by atoms with Gasteiger partial charge in [0.1, 0.15) is 23.6 Å². The van der Waals surface area contributed by atoms with E-state index in [9.17, 15) is 14.4 Å². The van der Waals surface area contributed by atoms with Gasteiger partial charge in [0, 0.05) is 10.9 Å². The normalized spacial score (nSPS) is 13.5. The van der Waals surface area contributed by atoms with Crippen molar-refractivity contribution in [3.63, 3.8) is 0 Å². The average molecular weight is 690 g/mol. The molecule has 1 heterocycles. The third-order valence-corrected chi connectivity index (χ3v) is 8.30. The van der Waals surface area contributed by atoms with Crippen molar-refractivity contribution in [2.24, 2.45) is 0 Å². The van der Waals surface area contributed by atoms with Crippen LogP contribution in [0, 0.1) is 6.92 Å². The molecular weight excluding hydrogens is 652 g/mol. The lowest BCUT2D eigenvalue weighted by Crippen LogP contribution is -2.41. The summed E-state index contributed by atoms with van der Waals surface area (Å²) in [6, 6.07) is 23.0. The number of alkyl halides is 1. The van der Waals surface area contributed by atoms with E-state index in [-0.39, 0.29) is 24.0 Å². The number of imide groups is 1. The van der Waals surface area contributed by atoms with Gasteiger partial charge in [-0.2, -0.15) is 4.90 Å². The van der Waals surface area contributed by atoms with Crippen molar-refractivity contribution in [2.45, 2.75) is 70.4 Å². The van der Waals surface area contributed by atoms with Crippen LogP contribution in [0.2, 0.25) is 0 Å². The molecule has 0 saturated heterocycles. The monoisotopic (exact) mass is 688 g/mol. The Morgan fingerprint density at radius 1 is 0.891 bits per heavy atom. The minimum absolute atomic E-state index is 0.0486. The molecule has 5 rings (SSSR count). The number of aryl methyl sites for hydroxylation is 1. The average Bonchev–Trinajstić information content (AvgIpc) is 3.77. The van der Waals surface area contributed by atoms with Gasteiger partial charge < -0.3 is 18.7 Å². The summed E-state index contributed by atoms with van der Waals surface area (Å²) >= 11 is 3.44. The third-order valence-electron chi connectivity index (χ3n) is 7.66. The summed E-state index contributed by atoms with van der Waals surface area (Å²) in [6.45, 7) is 8.92. The number of amides is 2. The minimum atomic E-state index is -0.918. The smallest absolute Gasteiger partial charge is 0.424 e. The van der Waals surface area contributed by atoms with Crippen LogP contribution in [-0.4, -0.2) is 35.5 Å². The molecule has 1 saturated carbocycles. The summed E-state index contributed by atoms with van der Waals surface area (Å²) < 4.78 is 22.2. The van der Waals surface area contributed by atoms with Gasteiger partial charge in [-0.3, -0.25) is 4.79 Å². The molecule has 240 valence electrons. The number of carbonyl (C=O) groups excluding carboxylic acids is 3. The highest BCUT2D eigenvalue weighted by molar-refractivity contribution is 9.08. The van der Waals surface area contributed by atoms with Crippen LogP contribution in [0.3, 0.4) is 0 Å². The second-order valence-corrected chi connectivity index (χ2v) is 12.8. The van der Waals surface area contributed by atoms with E-state index in [0.29, 0.717) is 23.2 Å². The van der Waals surface area contributed by atoms with Crippen LogP contribution in [-0.2, 0) is 36.4 Å². The molecule has 0 radical (unpaired) electrons. The number of halogens is 1. The zero-order valence-corrected chi connectivity index (χ0v) is 28.2. The fourth-order valence-electron chi connectivity index (χ4n) is 5.20. The highest BCUT2D eigenvalue weighted by Gasteiger charge is 2.52. The molecule has 4 aromatic rings. The van der Waals surface area contributed by atoms with Crippen LogP contribution in [0.4, 0.5) is 15.3 Å². The largest absolute Gasteiger partial charge is 0.465 e. The fraction of sp³-hybridized carbons (Fsp3) is 0.333. The summed E-state index contributed by atoms with van der Waals surface area (Å²) in [7, 11) is 0. The van der Waals surface area contributed by atoms with Crippen molar-refractivity contribution in [3.8, 4) is 22.5 Å². The summed E-state index contributed by atoms with van der Waals surface area (Å²) in [5.41, 5.74) is 4.30. The molecule has 10 heteroatoms. The first-order valence-electron chi connectivity index (χ1n) is 15.1. The van der Waals surface area contributed by atoms with E-state index in [0.717, 1.165) is 45.6 Å². The summed E-state index contributed by atoms with van der Waals surface area (Å²) in [4.78, 5) is 40.4. The molecule has 0 atom stereocenters. The van der Waals surface area contributed by atoms with Gasteiger partial charge in [-0.05, 0) is 75.3 Å². The van der Waals surface area contributed by atoms with E-state index in [4.69, 9.17) is 18.7 Å². The van der Waals surface area contributed by atoms with Crippen molar-refractivity contribution < 1.29 is 33.1 Å². The molecule has 0 bridgehead atoms. The molecule has 0 unspecified atom stereocenters. The molecular formula is C36H37BrN2O7. The van der Waals surface area contributed by atoms with Crippen molar-refractivity contribution in [3.05, 3.63) is 95.2 Å². The molecule has 1 aliphatic carbocycles. The molecule has 46 heavy (non-hydrogen) atoms. The molecule has 1 aliphatic rings. The SMILES string of the molecule is CCOC(=O)C1(c2ccc(-c3ccc(-c4onc(C)c4N(C(=O)OCc4cccc(CBr)c4)C(=O)OC(C)(C)C)cc3)cc2)CC1. The molecule has 1 aromatic heterocycles. The van der Waals surface area contributed by atoms with Crippen LogP contribution < -0.4 is 4.90 Å². The summed E-state index contributed by atoms with van der Waals surface area (Å²) in [5, 5.41) is 4.74. The summed E-state index contributed by atoms with van der Waals surface area (Å²) in [6.07, 6.45) is -0.250. The van der Waals surface area contributed by atoms with Gasteiger partial charge in [0.15, 0.2) is 5.76 Å². The van der Waals surface area contributed by atoms with E-state index < -0.39 is 23.2 Å². The van der Waals surface area contributed by atoms with E-state index in [1.807, 2.05) is 79.7 Å². The molecule has 3 aromatic carbocycles. The zero-order valence-electron chi connectivity index (χ0n) is 26.6. The Hall–Kier alpha value is -4.44. The third kappa shape index (κ3) is 7.17. The standard InChI is InChI=1S/C36H37BrN2O7/c1-6-43-32(40)36(18-19-36)29-16-14-27(15-17-29)26-10-12-28(13-11-26)31-30(23(2)38-46-31)39(34(42)45-35(3,4)5)33(41)44-22-25-9-7-8-24(20-25)21-37/h7-17,20H,6,18-19,21-22H2,1-5H3. The highest BCUT2D eigenvalue weighted by atomic mass is 79.9. The number of aromatic nitrogens is 1. The quantitative estimate of drug-likeness (QED) is 0.0975. The first kappa shape index (κ1) is 32.9. The Morgan fingerprint density at radius 2 is 1.50 bits per heavy atom. The van der Waals surface area contributed by atoms with Gasteiger partial charge in [-0.25, -0.2) is 9.59 Å². The van der Waals surface area contributed by atoms with Gasteiger partial charge >= 0.3 is 18.2 Å². The number of ether oxygens (including phenoxy) is 3. The Morgan fingerprint density at radius 3 is 2.09 bits per heavy atom. The number of rotatable bonds is 9. The van der Waals surface area contributed by atoms with Crippen LogP contribution in [0.25, 0.3) is 22.5 Å². The van der Waals surface area contributed by atoms with Crippen molar-refractivity contribution in [2.75, 3.05) is 11.5 Å². The Labute approximate surface area is 276 Å². The lowest BCUT2D eigenvalue weighted by Gasteiger charge is -2.25. The number of hydrogen-bond acceptors (Lipinski definition) is 8. The Kier molecular flexibility index (Phi) is 9.67. The summed E-state index contributed by atoms with van der Waals surface area (Å²) in [5.74, 6) is 0.0482. The number of nitrogens with zero attached hydrogens (tertiary/aromatic N) is 2. The number of anilines is 1.